The Labute approximate surface area is 234 Å². The van der Waals surface area contributed by atoms with Crippen LogP contribution >= 0.6 is 11.3 Å². The molecule has 6 nitrogen and oxygen atoms in total. The molecular formula is C32H36N2O4S. The zero-order chi connectivity index (χ0) is 28.6. The Hall–Kier alpha value is -3.58. The number of esters is 2. The maximum absolute atomic E-state index is 13.0. The molecule has 1 aromatic heterocycles. The molecule has 4 rings (SSSR count). The van der Waals surface area contributed by atoms with Crippen molar-refractivity contribution < 1.29 is 19.1 Å². The number of benzene rings is 2. The first-order chi connectivity index (χ1) is 18.4. The van der Waals surface area contributed by atoms with Gasteiger partial charge in [-0.2, -0.15) is 0 Å². The molecule has 2 aromatic carbocycles. The molecule has 1 aliphatic rings. The van der Waals surface area contributed by atoms with Crippen LogP contribution in [0.2, 0.25) is 0 Å². The fourth-order valence-electron chi connectivity index (χ4n) is 5.46. The Morgan fingerprint density at radius 3 is 2.18 bits per heavy atom. The molecule has 2 unspecified atom stereocenters. The van der Waals surface area contributed by atoms with E-state index < -0.39 is 23.8 Å². The number of nitrogens with zero attached hydrogens (tertiary/aromatic N) is 2. The van der Waals surface area contributed by atoms with E-state index >= 15 is 0 Å². The van der Waals surface area contributed by atoms with E-state index in [9.17, 15) is 9.59 Å². The summed E-state index contributed by atoms with van der Waals surface area (Å²) < 4.78 is 10.3. The van der Waals surface area contributed by atoms with Gasteiger partial charge in [-0.3, -0.25) is 9.79 Å². The van der Waals surface area contributed by atoms with Gasteiger partial charge in [0.15, 0.2) is 0 Å². The third kappa shape index (κ3) is 5.33. The summed E-state index contributed by atoms with van der Waals surface area (Å²) in [6.07, 6.45) is 0. The topological polar surface area (TPSA) is 77.8 Å². The van der Waals surface area contributed by atoms with Crippen LogP contribution in [0.25, 0.3) is 21.8 Å². The summed E-state index contributed by atoms with van der Waals surface area (Å²) in [7, 11) is 2.69. The zero-order valence-electron chi connectivity index (χ0n) is 24.1. The summed E-state index contributed by atoms with van der Waals surface area (Å²) in [5.41, 5.74) is 8.89. The van der Waals surface area contributed by atoms with Gasteiger partial charge in [0.05, 0.1) is 25.5 Å². The lowest BCUT2D eigenvalue weighted by Crippen LogP contribution is -2.36. The van der Waals surface area contributed by atoms with Crippen LogP contribution in [0.5, 0.6) is 0 Å². The van der Waals surface area contributed by atoms with Gasteiger partial charge >= 0.3 is 11.9 Å². The van der Waals surface area contributed by atoms with E-state index in [0.717, 1.165) is 27.4 Å². The summed E-state index contributed by atoms with van der Waals surface area (Å²) in [4.78, 5) is 35.7. The van der Waals surface area contributed by atoms with Gasteiger partial charge in [0, 0.05) is 33.8 Å². The quantitative estimate of drug-likeness (QED) is 0.318. The Morgan fingerprint density at radius 2 is 1.59 bits per heavy atom. The van der Waals surface area contributed by atoms with Crippen molar-refractivity contribution in [1.82, 2.24) is 4.98 Å². The fraction of sp³-hybridized carbons (Fsp3) is 0.375. The number of methoxy groups -OCH3 is 2. The minimum Gasteiger partial charge on any atom is -0.468 e. The second-order valence-corrected chi connectivity index (χ2v) is 11.9. The highest BCUT2D eigenvalue weighted by molar-refractivity contribution is 7.13. The molecule has 0 amide bonds. The summed E-state index contributed by atoms with van der Waals surface area (Å²) >= 11 is 1.55. The molecule has 204 valence electrons. The maximum Gasteiger partial charge on any atom is 0.336 e. The van der Waals surface area contributed by atoms with E-state index in [4.69, 9.17) is 14.5 Å². The molecule has 0 saturated carbocycles. The van der Waals surface area contributed by atoms with Gasteiger partial charge in [-0.05, 0) is 55.4 Å². The molecule has 0 radical (unpaired) electrons. The molecule has 0 saturated heterocycles. The van der Waals surface area contributed by atoms with E-state index in [1.165, 1.54) is 30.9 Å². The van der Waals surface area contributed by atoms with E-state index in [-0.39, 0.29) is 5.41 Å². The number of allylic oxidation sites excluding steroid dienone is 1. The van der Waals surface area contributed by atoms with E-state index in [2.05, 4.69) is 57.1 Å². The number of rotatable bonds is 5. The van der Waals surface area contributed by atoms with Crippen molar-refractivity contribution in [3.8, 4) is 21.8 Å². The van der Waals surface area contributed by atoms with Crippen LogP contribution in [-0.2, 0) is 24.5 Å². The SMILES string of the molecule is COC(=O)C1=C(C)N=C(C)C(C(=O)OC)C1c1ccccc1-c1nc(-c2c(C)cc(C(C)(C)C)cc2C)cs1. The lowest BCUT2D eigenvalue weighted by molar-refractivity contribution is -0.143. The van der Waals surface area contributed by atoms with Crippen LogP contribution in [0.1, 0.15) is 62.8 Å². The normalized spacial score (nSPS) is 17.6. The number of ether oxygens (including phenoxy) is 2. The average Bonchev–Trinajstić information content (AvgIpc) is 3.36. The lowest BCUT2D eigenvalue weighted by atomic mass is 9.74. The summed E-state index contributed by atoms with van der Waals surface area (Å²) in [5.74, 6) is -2.35. The Balaban J connectivity index is 1.87. The minimum absolute atomic E-state index is 0.0564. The summed E-state index contributed by atoms with van der Waals surface area (Å²) in [5, 5.41) is 2.89. The van der Waals surface area contributed by atoms with Gasteiger partial charge in [-0.25, -0.2) is 9.78 Å². The first kappa shape index (κ1) is 28.4. The smallest absolute Gasteiger partial charge is 0.336 e. The predicted molar refractivity (Wildman–Crippen MR) is 157 cm³/mol. The van der Waals surface area contributed by atoms with Gasteiger partial charge in [-0.15, -0.1) is 11.3 Å². The van der Waals surface area contributed by atoms with Gasteiger partial charge < -0.3 is 9.47 Å². The molecule has 0 bridgehead atoms. The molecule has 1 aliphatic heterocycles. The molecule has 0 N–H and O–H groups in total. The monoisotopic (exact) mass is 544 g/mol. The second-order valence-electron chi connectivity index (χ2n) is 11.1. The van der Waals surface area contributed by atoms with Crippen LogP contribution < -0.4 is 0 Å². The summed E-state index contributed by atoms with van der Waals surface area (Å²) in [6, 6.07) is 12.3. The van der Waals surface area contributed by atoms with Crippen molar-refractivity contribution >= 4 is 29.0 Å². The van der Waals surface area contributed by atoms with Crippen molar-refractivity contribution in [2.24, 2.45) is 10.9 Å². The van der Waals surface area contributed by atoms with Gasteiger partial charge in [0.2, 0.25) is 0 Å². The molecule has 0 spiro atoms. The predicted octanol–water partition coefficient (Wildman–Crippen LogP) is 7.19. The van der Waals surface area contributed by atoms with Gasteiger partial charge in [0.25, 0.3) is 0 Å². The van der Waals surface area contributed by atoms with Crippen molar-refractivity contribution in [1.29, 1.82) is 0 Å². The van der Waals surface area contributed by atoms with E-state index in [1.807, 2.05) is 24.3 Å². The molecule has 3 aromatic rings. The van der Waals surface area contributed by atoms with Crippen LogP contribution in [0.3, 0.4) is 0 Å². The zero-order valence-corrected chi connectivity index (χ0v) is 24.9. The van der Waals surface area contributed by atoms with Gasteiger partial charge in [0.1, 0.15) is 10.9 Å². The third-order valence-electron chi connectivity index (χ3n) is 7.37. The number of aromatic nitrogens is 1. The van der Waals surface area contributed by atoms with Crippen molar-refractivity contribution in [2.75, 3.05) is 14.2 Å². The van der Waals surface area contributed by atoms with Crippen LogP contribution in [0.15, 0.2) is 58.0 Å². The number of aliphatic imine (C=N–C) groups is 1. The summed E-state index contributed by atoms with van der Waals surface area (Å²) in [6.45, 7) is 14.5. The highest BCUT2D eigenvalue weighted by atomic mass is 32.1. The maximum atomic E-state index is 13.0. The molecular weight excluding hydrogens is 508 g/mol. The first-order valence-corrected chi connectivity index (χ1v) is 13.9. The van der Waals surface area contributed by atoms with E-state index in [0.29, 0.717) is 17.0 Å². The second kappa shape index (κ2) is 10.9. The van der Waals surface area contributed by atoms with E-state index in [1.54, 1.807) is 25.2 Å². The first-order valence-electron chi connectivity index (χ1n) is 13.0. The molecule has 39 heavy (non-hydrogen) atoms. The molecule has 2 atom stereocenters. The average molecular weight is 545 g/mol. The van der Waals surface area contributed by atoms with Crippen molar-refractivity contribution in [3.05, 3.63) is 75.3 Å². The molecule has 2 heterocycles. The molecule has 7 heteroatoms. The number of aryl methyl sites for hydroxylation is 2. The highest BCUT2D eigenvalue weighted by Gasteiger charge is 2.43. The number of hydrogen-bond donors (Lipinski definition) is 0. The minimum atomic E-state index is -0.761. The van der Waals surface area contributed by atoms with Crippen LogP contribution in [0.4, 0.5) is 0 Å². The molecule has 0 fully saturated rings. The number of thiazole rings is 1. The Morgan fingerprint density at radius 1 is 0.949 bits per heavy atom. The molecule has 0 aliphatic carbocycles. The third-order valence-corrected chi connectivity index (χ3v) is 8.25. The van der Waals surface area contributed by atoms with Crippen molar-refractivity contribution in [2.45, 2.75) is 59.8 Å². The lowest BCUT2D eigenvalue weighted by Gasteiger charge is -2.32. The Kier molecular flexibility index (Phi) is 7.94. The van der Waals surface area contributed by atoms with Crippen LogP contribution in [-0.4, -0.2) is 36.9 Å². The highest BCUT2D eigenvalue weighted by Crippen LogP contribution is 2.45. The number of carbonyl (C=O) groups excluding carboxylic acids is 2. The number of hydrogen-bond acceptors (Lipinski definition) is 7. The standard InChI is InChI=1S/C32H36N2O4S/c1-17-14-21(32(5,6)7)15-18(2)25(17)24-16-39-29(34-24)23-13-11-10-12-22(23)28-26(30(35)37-8)19(3)33-20(4)27(28)31(36)38-9/h10-16,26,28H,1-9H3. The van der Waals surface area contributed by atoms with Crippen molar-refractivity contribution in [3.63, 3.8) is 0 Å². The largest absolute Gasteiger partial charge is 0.468 e. The fourth-order valence-corrected chi connectivity index (χ4v) is 6.31. The van der Waals surface area contributed by atoms with Gasteiger partial charge in [-0.1, -0.05) is 57.2 Å². The Bertz CT molecular complexity index is 1480. The van der Waals surface area contributed by atoms with Crippen LogP contribution in [0, 0.1) is 19.8 Å². The number of carbonyl (C=O) groups is 2.